The summed E-state index contributed by atoms with van der Waals surface area (Å²) in [5.74, 6) is 3.12. The summed E-state index contributed by atoms with van der Waals surface area (Å²) < 4.78 is 7.17. The number of amidine groups is 1. The van der Waals surface area contributed by atoms with Gasteiger partial charge in [-0.2, -0.15) is 0 Å². The van der Waals surface area contributed by atoms with Crippen LogP contribution in [0.4, 0.5) is 22.9 Å². The first kappa shape index (κ1) is 45.5. The van der Waals surface area contributed by atoms with Crippen LogP contribution in [0.2, 0.25) is 0 Å². The molecule has 0 amide bonds. The zero-order valence-electron chi connectivity index (χ0n) is 42.0. The first-order valence-corrected chi connectivity index (χ1v) is 24.3. The highest BCUT2D eigenvalue weighted by atomic mass is 16.5. The molecule has 1 atom stereocenters. The number of aliphatic imine (C=N–C) groups is 1. The summed E-state index contributed by atoms with van der Waals surface area (Å²) in [6.45, 7) is 25.0. The number of ether oxygens (including phenoxy) is 1. The lowest BCUT2D eigenvalue weighted by atomic mass is 9.66. The van der Waals surface area contributed by atoms with Gasteiger partial charge in [-0.05, 0) is 140 Å². The Morgan fingerprint density at radius 1 is 0.551 bits per heavy atom. The number of nitrogens with zero attached hydrogens (tertiary/aromatic N) is 5. The molecule has 6 nitrogen and oxygen atoms in total. The third-order valence-corrected chi connectivity index (χ3v) is 14.9. The zero-order chi connectivity index (χ0) is 48.5. The summed E-state index contributed by atoms with van der Waals surface area (Å²) in [6.07, 6.45) is 3.79. The van der Waals surface area contributed by atoms with Crippen molar-refractivity contribution in [3.8, 4) is 22.8 Å². The molecule has 2 aromatic heterocycles. The Morgan fingerprint density at radius 2 is 1.17 bits per heavy atom. The first-order valence-electron chi connectivity index (χ1n) is 24.3. The topological polar surface area (TPSA) is 53.9 Å². The van der Waals surface area contributed by atoms with E-state index < -0.39 is 11.1 Å². The van der Waals surface area contributed by atoms with Crippen molar-refractivity contribution in [3.63, 3.8) is 0 Å². The van der Waals surface area contributed by atoms with E-state index in [0.717, 1.165) is 51.3 Å². The molecule has 4 heterocycles. The van der Waals surface area contributed by atoms with Crippen LogP contribution in [0.25, 0.3) is 11.3 Å². The summed E-state index contributed by atoms with van der Waals surface area (Å²) in [7, 11) is 0. The molecular weight excluding hydrogens is 843 g/mol. The molecule has 6 heteroatoms. The zero-order valence-corrected chi connectivity index (χ0v) is 42.0. The van der Waals surface area contributed by atoms with Crippen LogP contribution >= 0.6 is 0 Å². The molecule has 69 heavy (non-hydrogen) atoms. The van der Waals surface area contributed by atoms with Crippen molar-refractivity contribution in [1.82, 2.24) is 9.97 Å². The Balaban J connectivity index is 1.16. The third-order valence-electron chi connectivity index (χ3n) is 14.9. The quantitative estimate of drug-likeness (QED) is 0.144. The van der Waals surface area contributed by atoms with Gasteiger partial charge in [0.1, 0.15) is 23.2 Å². The van der Waals surface area contributed by atoms with Crippen LogP contribution in [-0.4, -0.2) is 26.9 Å². The number of aromatic nitrogens is 2. The maximum Gasteiger partial charge on any atom is 0.137 e. The van der Waals surface area contributed by atoms with Gasteiger partial charge in [0, 0.05) is 46.6 Å². The van der Waals surface area contributed by atoms with Gasteiger partial charge in [0.15, 0.2) is 0 Å². The molecule has 0 radical (unpaired) electrons. The van der Waals surface area contributed by atoms with E-state index in [1.54, 1.807) is 0 Å². The molecule has 10 rings (SSSR count). The number of anilines is 4. The number of hydrogen-bond acceptors (Lipinski definition) is 6. The summed E-state index contributed by atoms with van der Waals surface area (Å²) in [5, 5.41) is 0. The van der Waals surface area contributed by atoms with Crippen LogP contribution in [0.15, 0.2) is 181 Å². The highest BCUT2D eigenvalue weighted by molar-refractivity contribution is 6.14. The van der Waals surface area contributed by atoms with E-state index >= 15 is 0 Å². The SMILES string of the molecule is Cc1cc(C)c(N2C(c3cc(Oc4ccc5c(c4)N(c4cc(C(C)(C)C)ccn4)c4ccccc4C5(C)C)cc(-c4ccccn4)c3)=NC(C)(C)[C@]2(C)C(c2ccccc2)c2ccccc2)c(C)c1. The lowest BCUT2D eigenvalue weighted by Crippen LogP contribution is -2.60. The second kappa shape index (κ2) is 17.0. The molecule has 2 aliphatic heterocycles. The molecule has 0 N–H and O–H groups in total. The minimum atomic E-state index is -0.596. The van der Waals surface area contributed by atoms with Crippen LogP contribution in [-0.2, 0) is 10.8 Å². The van der Waals surface area contributed by atoms with E-state index in [1.165, 1.54) is 44.5 Å². The van der Waals surface area contributed by atoms with Gasteiger partial charge < -0.3 is 9.64 Å². The minimum absolute atomic E-state index is 0.0525. The van der Waals surface area contributed by atoms with Crippen LogP contribution < -0.4 is 14.5 Å². The Morgan fingerprint density at radius 3 is 1.83 bits per heavy atom. The van der Waals surface area contributed by atoms with Crippen molar-refractivity contribution in [2.45, 2.75) is 104 Å². The van der Waals surface area contributed by atoms with Gasteiger partial charge in [0.2, 0.25) is 0 Å². The average Bonchev–Trinajstić information content (AvgIpc) is 3.53. The predicted molar refractivity (Wildman–Crippen MR) is 286 cm³/mol. The van der Waals surface area contributed by atoms with E-state index in [1.807, 2.05) is 24.5 Å². The van der Waals surface area contributed by atoms with Crippen molar-refractivity contribution in [2.24, 2.45) is 4.99 Å². The fraction of sp³-hybridized carbons (Fsp3) is 0.254. The smallest absolute Gasteiger partial charge is 0.137 e. The van der Waals surface area contributed by atoms with Crippen LogP contribution in [0.3, 0.4) is 0 Å². The summed E-state index contributed by atoms with van der Waals surface area (Å²) >= 11 is 0. The van der Waals surface area contributed by atoms with Crippen LogP contribution in [0.1, 0.15) is 111 Å². The molecule has 0 bridgehead atoms. The summed E-state index contributed by atoms with van der Waals surface area (Å²) in [6, 6.07) is 58.7. The van der Waals surface area contributed by atoms with Crippen molar-refractivity contribution in [1.29, 1.82) is 0 Å². The summed E-state index contributed by atoms with van der Waals surface area (Å²) in [5.41, 5.74) is 14.3. The number of pyridine rings is 2. The molecule has 2 aliphatic rings. The monoisotopic (exact) mass is 906 g/mol. The van der Waals surface area contributed by atoms with Crippen molar-refractivity contribution in [2.75, 3.05) is 9.80 Å². The van der Waals surface area contributed by atoms with Gasteiger partial charge in [0.25, 0.3) is 0 Å². The van der Waals surface area contributed by atoms with Gasteiger partial charge in [-0.25, -0.2) is 4.98 Å². The Labute approximate surface area is 409 Å². The number of rotatable bonds is 9. The normalized spacial score (nSPS) is 17.1. The maximum atomic E-state index is 7.17. The second-order valence-electron chi connectivity index (χ2n) is 21.4. The van der Waals surface area contributed by atoms with Crippen LogP contribution in [0.5, 0.6) is 11.5 Å². The molecule has 0 spiro atoms. The molecule has 6 aromatic carbocycles. The van der Waals surface area contributed by atoms with E-state index in [2.05, 4.69) is 238 Å². The Hall–Kier alpha value is -7.31. The number of fused-ring (bicyclic) bond motifs is 2. The van der Waals surface area contributed by atoms with E-state index in [-0.39, 0.29) is 16.7 Å². The molecule has 8 aromatic rings. The van der Waals surface area contributed by atoms with E-state index in [0.29, 0.717) is 5.75 Å². The van der Waals surface area contributed by atoms with Gasteiger partial charge in [-0.1, -0.05) is 143 Å². The fourth-order valence-corrected chi connectivity index (χ4v) is 11.2. The fourth-order valence-electron chi connectivity index (χ4n) is 11.2. The molecule has 0 unspecified atom stereocenters. The largest absolute Gasteiger partial charge is 0.457 e. The van der Waals surface area contributed by atoms with Crippen LogP contribution in [0, 0.1) is 20.8 Å². The van der Waals surface area contributed by atoms with Gasteiger partial charge in [-0.15, -0.1) is 0 Å². The van der Waals surface area contributed by atoms with Gasteiger partial charge in [-0.3, -0.25) is 14.9 Å². The standard InChI is InChI=1S/C63H63N5O/c1-41-34-42(2)58(43(3)35-41)68-59(66-62(9,10)63(68,11)57(44-22-14-12-15-23-44)45-24-16-13-17-25-45)47-36-46(53-27-20-21-32-64-53)37-50(38-47)69-49-29-30-52-55(40-49)67(54-28-19-18-26-51(54)61(52,7)8)56-39-48(31-33-65-56)60(4,5)6/h12-40,57H,1-11H3/t63-/m0/s1. The van der Waals surface area contributed by atoms with Gasteiger partial charge >= 0.3 is 0 Å². The van der Waals surface area contributed by atoms with Crippen molar-refractivity contribution >= 4 is 28.7 Å². The van der Waals surface area contributed by atoms with E-state index in [4.69, 9.17) is 19.7 Å². The maximum absolute atomic E-state index is 7.17. The van der Waals surface area contributed by atoms with Crippen molar-refractivity contribution in [3.05, 3.63) is 226 Å². The molecular formula is C63H63N5O. The molecule has 0 fully saturated rings. The van der Waals surface area contributed by atoms with Gasteiger partial charge in [0.05, 0.1) is 28.1 Å². The first-order chi connectivity index (χ1) is 33.0. The Bertz CT molecular complexity index is 3180. The molecule has 0 aliphatic carbocycles. The highest BCUT2D eigenvalue weighted by Gasteiger charge is 2.58. The van der Waals surface area contributed by atoms with Crippen molar-refractivity contribution < 1.29 is 4.74 Å². The molecule has 346 valence electrons. The minimum Gasteiger partial charge on any atom is -0.457 e. The second-order valence-corrected chi connectivity index (χ2v) is 21.4. The highest BCUT2D eigenvalue weighted by Crippen LogP contribution is 2.55. The number of para-hydroxylation sites is 1. The number of benzene rings is 6. The van der Waals surface area contributed by atoms with E-state index in [9.17, 15) is 0 Å². The molecule has 0 saturated carbocycles. The lowest BCUT2D eigenvalue weighted by Gasteiger charge is -2.50. The number of hydrogen-bond donors (Lipinski definition) is 0. The average molecular weight is 906 g/mol. The molecule has 0 saturated heterocycles. The third kappa shape index (κ3) is 7.90. The predicted octanol–water partition coefficient (Wildman–Crippen LogP) is 15.9. The lowest BCUT2D eigenvalue weighted by molar-refractivity contribution is 0.279. The Kier molecular flexibility index (Phi) is 11.2. The number of aryl methyl sites for hydroxylation is 3. The summed E-state index contributed by atoms with van der Waals surface area (Å²) in [4.78, 5) is 20.7.